The first kappa shape index (κ1) is 22.0. The van der Waals surface area contributed by atoms with Crippen molar-refractivity contribution in [3.63, 3.8) is 0 Å². The van der Waals surface area contributed by atoms with Crippen LogP contribution in [0, 0.1) is 0 Å². The van der Waals surface area contributed by atoms with Crippen LogP contribution in [-0.4, -0.2) is 52.9 Å². The Morgan fingerprint density at radius 3 is 2.12 bits per heavy atom. The van der Waals surface area contributed by atoms with E-state index in [0.29, 0.717) is 0 Å². The van der Waals surface area contributed by atoms with Crippen molar-refractivity contribution < 1.29 is 24.3 Å². The molecule has 9 heteroatoms. The maximum absolute atomic E-state index is 12.4. The van der Waals surface area contributed by atoms with E-state index in [1.807, 2.05) is 20.8 Å². The molecule has 0 radical (unpaired) electrons. The fraction of sp³-hybridized carbons (Fsp3) is 0.800. The highest BCUT2D eigenvalue weighted by molar-refractivity contribution is 5.88. The van der Waals surface area contributed by atoms with Gasteiger partial charge < -0.3 is 31.0 Å². The summed E-state index contributed by atoms with van der Waals surface area (Å²) in [6.45, 7) is 12.2. The van der Waals surface area contributed by atoms with E-state index >= 15 is 0 Å². The molecule has 0 saturated carbocycles. The molecule has 0 rings (SSSR count). The lowest BCUT2D eigenvalue weighted by atomic mass is 10.1. The SMILES string of the molecule is CC(OC(C)(C)C)C(NC(=O)NC/C(N)=N/O)C(=O)OC(C)(C)C. The number of amidine groups is 1. The van der Waals surface area contributed by atoms with Gasteiger partial charge in [-0.2, -0.15) is 0 Å². The topological polar surface area (TPSA) is 135 Å². The summed E-state index contributed by atoms with van der Waals surface area (Å²) < 4.78 is 11.1. The van der Waals surface area contributed by atoms with E-state index < -0.39 is 35.3 Å². The minimum Gasteiger partial charge on any atom is -0.458 e. The highest BCUT2D eigenvalue weighted by Gasteiger charge is 2.34. The van der Waals surface area contributed by atoms with Gasteiger partial charge in [-0.25, -0.2) is 9.59 Å². The second-order valence-corrected chi connectivity index (χ2v) is 7.36. The summed E-state index contributed by atoms with van der Waals surface area (Å²) in [4.78, 5) is 24.3. The number of oxime groups is 1. The van der Waals surface area contributed by atoms with Gasteiger partial charge in [0, 0.05) is 0 Å². The van der Waals surface area contributed by atoms with E-state index in [2.05, 4.69) is 15.8 Å². The van der Waals surface area contributed by atoms with Gasteiger partial charge in [0.1, 0.15) is 5.60 Å². The van der Waals surface area contributed by atoms with Crippen LogP contribution in [0.2, 0.25) is 0 Å². The number of carbonyl (C=O) groups excluding carboxylic acids is 2. The average Bonchev–Trinajstić information content (AvgIpc) is 2.37. The van der Waals surface area contributed by atoms with Crippen molar-refractivity contribution in [2.45, 2.75) is 71.8 Å². The summed E-state index contributed by atoms with van der Waals surface area (Å²) in [5.41, 5.74) is 4.07. The first-order valence-corrected chi connectivity index (χ1v) is 7.66. The quantitative estimate of drug-likeness (QED) is 0.186. The Hall–Kier alpha value is -2.03. The van der Waals surface area contributed by atoms with Gasteiger partial charge in [-0.15, -0.1) is 0 Å². The number of esters is 1. The molecule has 0 aromatic rings. The summed E-state index contributed by atoms with van der Waals surface area (Å²) in [6, 6.07) is -1.68. The Labute approximate surface area is 142 Å². The van der Waals surface area contributed by atoms with Gasteiger partial charge in [0.25, 0.3) is 0 Å². The molecule has 9 nitrogen and oxygen atoms in total. The van der Waals surface area contributed by atoms with Gasteiger partial charge in [0.05, 0.1) is 18.2 Å². The molecule has 24 heavy (non-hydrogen) atoms. The summed E-state index contributed by atoms with van der Waals surface area (Å²) >= 11 is 0. The fourth-order valence-corrected chi connectivity index (χ4v) is 1.76. The van der Waals surface area contributed by atoms with Crippen LogP contribution in [0.4, 0.5) is 4.79 Å². The average molecular weight is 346 g/mol. The van der Waals surface area contributed by atoms with Gasteiger partial charge in [-0.05, 0) is 48.5 Å². The van der Waals surface area contributed by atoms with Crippen molar-refractivity contribution in [3.8, 4) is 0 Å². The predicted octanol–water partition coefficient (Wildman–Crippen LogP) is 0.946. The zero-order valence-electron chi connectivity index (χ0n) is 15.5. The summed E-state index contributed by atoms with van der Waals surface area (Å²) in [6.07, 6.45) is -0.630. The molecular formula is C15H30N4O5. The molecule has 0 aliphatic heterocycles. The first-order valence-electron chi connectivity index (χ1n) is 7.66. The van der Waals surface area contributed by atoms with Crippen LogP contribution >= 0.6 is 0 Å². The van der Waals surface area contributed by atoms with Crippen molar-refractivity contribution in [2.24, 2.45) is 10.9 Å². The molecule has 2 amide bonds. The maximum Gasteiger partial charge on any atom is 0.331 e. The lowest BCUT2D eigenvalue weighted by molar-refractivity contribution is -0.164. The Kier molecular flexibility index (Phi) is 7.98. The summed E-state index contributed by atoms with van der Waals surface area (Å²) in [5.74, 6) is -0.781. The highest BCUT2D eigenvalue weighted by atomic mass is 16.6. The van der Waals surface area contributed by atoms with Crippen molar-refractivity contribution >= 4 is 17.8 Å². The van der Waals surface area contributed by atoms with Gasteiger partial charge in [-0.1, -0.05) is 5.16 Å². The standard InChI is InChI=1S/C15H30N4O5/c1-9(23-14(2,3)4)11(12(20)24-15(5,6)7)18-13(21)17-8-10(16)19-22/h9,11,22H,8H2,1-7H3,(H2,16,19)(H2,17,18,21). The van der Waals surface area contributed by atoms with Crippen LogP contribution in [-0.2, 0) is 14.3 Å². The van der Waals surface area contributed by atoms with E-state index in [-0.39, 0.29) is 12.4 Å². The van der Waals surface area contributed by atoms with E-state index in [1.54, 1.807) is 27.7 Å². The molecule has 2 unspecified atom stereocenters. The van der Waals surface area contributed by atoms with Crippen LogP contribution < -0.4 is 16.4 Å². The molecule has 0 saturated heterocycles. The second-order valence-electron chi connectivity index (χ2n) is 7.36. The van der Waals surface area contributed by atoms with Crippen LogP contribution in [0.5, 0.6) is 0 Å². The summed E-state index contributed by atoms with van der Waals surface area (Å²) in [5, 5.41) is 16.1. The lowest BCUT2D eigenvalue weighted by Crippen LogP contribution is -2.55. The molecule has 2 atom stereocenters. The number of rotatable bonds is 6. The number of nitrogens with zero attached hydrogens (tertiary/aromatic N) is 1. The molecule has 5 N–H and O–H groups in total. The molecule has 0 fully saturated rings. The number of nitrogens with two attached hydrogens (primary N) is 1. The minimum absolute atomic E-state index is 0.169. The van der Waals surface area contributed by atoms with Crippen LogP contribution in [0.3, 0.4) is 0 Å². The number of hydrogen-bond acceptors (Lipinski definition) is 6. The molecule has 0 spiro atoms. The van der Waals surface area contributed by atoms with Crippen LogP contribution in [0.15, 0.2) is 5.16 Å². The molecule has 140 valence electrons. The zero-order valence-corrected chi connectivity index (χ0v) is 15.5. The molecule has 0 aromatic heterocycles. The monoisotopic (exact) mass is 346 g/mol. The number of hydrogen-bond donors (Lipinski definition) is 4. The third-order valence-electron chi connectivity index (χ3n) is 2.51. The largest absolute Gasteiger partial charge is 0.458 e. The van der Waals surface area contributed by atoms with Crippen LogP contribution in [0.25, 0.3) is 0 Å². The van der Waals surface area contributed by atoms with Crippen LogP contribution in [0.1, 0.15) is 48.5 Å². The normalized spacial score (nSPS) is 15.4. The van der Waals surface area contributed by atoms with Crippen molar-refractivity contribution in [3.05, 3.63) is 0 Å². The van der Waals surface area contributed by atoms with Crippen molar-refractivity contribution in [1.82, 2.24) is 10.6 Å². The second kappa shape index (κ2) is 8.72. The van der Waals surface area contributed by atoms with E-state index in [1.165, 1.54) is 0 Å². The van der Waals surface area contributed by atoms with E-state index in [0.717, 1.165) is 0 Å². The Bertz CT molecular complexity index is 465. The predicted molar refractivity (Wildman–Crippen MR) is 89.9 cm³/mol. The molecule has 0 bridgehead atoms. The number of carbonyl (C=O) groups is 2. The number of ether oxygens (including phenoxy) is 2. The number of amides is 2. The van der Waals surface area contributed by atoms with Crippen molar-refractivity contribution in [1.29, 1.82) is 0 Å². The smallest absolute Gasteiger partial charge is 0.331 e. The zero-order chi connectivity index (χ0) is 19.1. The Morgan fingerprint density at radius 1 is 1.17 bits per heavy atom. The van der Waals surface area contributed by atoms with Crippen molar-refractivity contribution in [2.75, 3.05) is 6.54 Å². The number of urea groups is 1. The van der Waals surface area contributed by atoms with E-state index in [4.69, 9.17) is 20.4 Å². The third kappa shape index (κ3) is 9.88. The maximum atomic E-state index is 12.4. The molecule has 0 aliphatic rings. The van der Waals surface area contributed by atoms with E-state index in [9.17, 15) is 9.59 Å². The van der Waals surface area contributed by atoms with Gasteiger partial charge in [0.2, 0.25) is 0 Å². The Balaban J connectivity index is 5.04. The fourth-order valence-electron chi connectivity index (χ4n) is 1.76. The third-order valence-corrected chi connectivity index (χ3v) is 2.51. The Morgan fingerprint density at radius 2 is 1.71 bits per heavy atom. The summed E-state index contributed by atoms with van der Waals surface area (Å²) in [7, 11) is 0. The molecular weight excluding hydrogens is 316 g/mol. The highest BCUT2D eigenvalue weighted by Crippen LogP contribution is 2.16. The lowest BCUT2D eigenvalue weighted by Gasteiger charge is -2.32. The molecule has 0 aliphatic carbocycles. The van der Waals surface area contributed by atoms with Gasteiger partial charge in [0.15, 0.2) is 11.9 Å². The molecule has 0 aromatic carbocycles. The first-order chi connectivity index (χ1) is 10.7. The van der Waals surface area contributed by atoms with Gasteiger partial charge >= 0.3 is 12.0 Å². The minimum atomic E-state index is -1.02. The molecule has 0 heterocycles. The number of nitrogens with one attached hydrogen (secondary N) is 2. The van der Waals surface area contributed by atoms with Gasteiger partial charge in [-0.3, -0.25) is 0 Å².